The van der Waals surface area contributed by atoms with Gasteiger partial charge in [-0.1, -0.05) is 54.6 Å². The van der Waals surface area contributed by atoms with Crippen molar-refractivity contribution in [1.29, 1.82) is 0 Å². The van der Waals surface area contributed by atoms with Crippen LogP contribution in [-0.4, -0.2) is 21.6 Å². The monoisotopic (exact) mass is 450 g/mol. The summed E-state index contributed by atoms with van der Waals surface area (Å²) in [4.78, 5) is 27.3. The number of rotatable bonds is 5. The van der Waals surface area contributed by atoms with Crippen molar-refractivity contribution < 1.29 is 9.59 Å². The lowest BCUT2D eigenvalue weighted by Crippen LogP contribution is -2.36. The summed E-state index contributed by atoms with van der Waals surface area (Å²) in [5.74, 6) is 0.718. The zero-order chi connectivity index (χ0) is 23.7. The number of nitrogens with zero attached hydrogens (tertiary/aromatic N) is 3. The maximum atomic E-state index is 12.8. The van der Waals surface area contributed by atoms with Crippen molar-refractivity contribution in [2.45, 2.75) is 33.4 Å². The summed E-state index contributed by atoms with van der Waals surface area (Å²) in [5.41, 5.74) is 6.41. The minimum absolute atomic E-state index is 0.0729. The number of carbonyl (C=O) groups is 2. The third-order valence-electron chi connectivity index (χ3n) is 6.35. The van der Waals surface area contributed by atoms with Crippen molar-refractivity contribution in [3.8, 4) is 11.3 Å². The Morgan fingerprint density at radius 2 is 1.74 bits per heavy atom. The molecule has 34 heavy (non-hydrogen) atoms. The van der Waals surface area contributed by atoms with Crippen molar-refractivity contribution in [2.75, 3.05) is 10.2 Å². The molecule has 6 nitrogen and oxygen atoms in total. The van der Waals surface area contributed by atoms with E-state index in [1.807, 2.05) is 85.3 Å². The summed E-state index contributed by atoms with van der Waals surface area (Å²) >= 11 is 0. The van der Waals surface area contributed by atoms with Gasteiger partial charge in [0, 0.05) is 29.3 Å². The minimum Gasteiger partial charge on any atom is -0.322 e. The van der Waals surface area contributed by atoms with Crippen LogP contribution < -0.4 is 10.2 Å². The van der Waals surface area contributed by atoms with Crippen LogP contribution >= 0.6 is 0 Å². The number of carbonyl (C=O) groups excluding carboxylic acids is 2. The Balaban J connectivity index is 1.33. The first kappa shape index (κ1) is 21.6. The average molecular weight is 451 g/mol. The van der Waals surface area contributed by atoms with Crippen LogP contribution in [0.25, 0.3) is 11.3 Å². The van der Waals surface area contributed by atoms with Crippen LogP contribution in [-0.2, 0) is 17.9 Å². The molecule has 0 atom stereocenters. The average Bonchev–Trinajstić information content (AvgIpc) is 3.29. The molecule has 1 aromatic heterocycles. The van der Waals surface area contributed by atoms with Crippen LogP contribution in [0.2, 0.25) is 0 Å². The zero-order valence-corrected chi connectivity index (χ0v) is 19.3. The summed E-state index contributed by atoms with van der Waals surface area (Å²) < 4.78 is 1.90. The second-order valence-electron chi connectivity index (χ2n) is 8.61. The lowest BCUT2D eigenvalue weighted by Gasteiger charge is -2.27. The highest BCUT2D eigenvalue weighted by Crippen LogP contribution is 2.29. The normalized spacial score (nSPS) is 13.0. The smallest absolute Gasteiger partial charge is 0.255 e. The van der Waals surface area contributed by atoms with Gasteiger partial charge < -0.3 is 5.32 Å². The highest BCUT2D eigenvalue weighted by Gasteiger charge is 2.26. The van der Waals surface area contributed by atoms with E-state index in [1.165, 1.54) is 0 Å². The molecule has 2 heterocycles. The molecule has 4 aromatic rings. The largest absolute Gasteiger partial charge is 0.322 e. The number of benzene rings is 3. The van der Waals surface area contributed by atoms with Crippen molar-refractivity contribution in [3.05, 3.63) is 101 Å². The SMILES string of the molecule is Cc1cccc(NC(=O)c2ccc(CN3C(=O)CCn4nc(-c5ccccc5)cc43)cc2)c1C. The maximum absolute atomic E-state index is 12.8. The number of aryl methyl sites for hydroxylation is 2. The number of amides is 2. The van der Waals surface area contributed by atoms with Gasteiger partial charge in [-0.2, -0.15) is 5.10 Å². The number of anilines is 2. The van der Waals surface area contributed by atoms with Gasteiger partial charge >= 0.3 is 0 Å². The second-order valence-corrected chi connectivity index (χ2v) is 8.61. The first-order valence-electron chi connectivity index (χ1n) is 11.4. The van der Waals surface area contributed by atoms with E-state index in [9.17, 15) is 9.59 Å². The molecule has 6 heteroatoms. The molecule has 3 aromatic carbocycles. The van der Waals surface area contributed by atoms with E-state index in [4.69, 9.17) is 5.10 Å². The van der Waals surface area contributed by atoms with E-state index in [0.29, 0.717) is 25.1 Å². The van der Waals surface area contributed by atoms with E-state index in [-0.39, 0.29) is 11.8 Å². The van der Waals surface area contributed by atoms with Gasteiger partial charge in [0.1, 0.15) is 5.82 Å². The van der Waals surface area contributed by atoms with Gasteiger partial charge in [-0.15, -0.1) is 0 Å². The van der Waals surface area contributed by atoms with E-state index in [2.05, 4.69) is 5.32 Å². The maximum Gasteiger partial charge on any atom is 0.255 e. The van der Waals surface area contributed by atoms with E-state index < -0.39 is 0 Å². The summed E-state index contributed by atoms with van der Waals surface area (Å²) in [7, 11) is 0. The van der Waals surface area contributed by atoms with Gasteiger partial charge in [0.15, 0.2) is 0 Å². The Morgan fingerprint density at radius 3 is 2.50 bits per heavy atom. The van der Waals surface area contributed by atoms with Crippen LogP contribution in [0.3, 0.4) is 0 Å². The molecule has 1 aliphatic heterocycles. The first-order chi connectivity index (χ1) is 16.5. The number of hydrogen-bond donors (Lipinski definition) is 1. The van der Waals surface area contributed by atoms with Gasteiger partial charge in [0.2, 0.25) is 5.91 Å². The predicted molar refractivity (Wildman–Crippen MR) is 134 cm³/mol. The van der Waals surface area contributed by atoms with Gasteiger partial charge in [0.05, 0.1) is 18.8 Å². The molecule has 2 amide bonds. The number of hydrogen-bond acceptors (Lipinski definition) is 3. The lowest BCUT2D eigenvalue weighted by atomic mass is 10.1. The van der Waals surface area contributed by atoms with Gasteiger partial charge in [0.25, 0.3) is 5.91 Å². The van der Waals surface area contributed by atoms with Crippen molar-refractivity contribution in [1.82, 2.24) is 9.78 Å². The fraction of sp³-hybridized carbons (Fsp3) is 0.179. The Labute approximate surface area is 198 Å². The third-order valence-corrected chi connectivity index (χ3v) is 6.35. The fourth-order valence-electron chi connectivity index (χ4n) is 4.20. The minimum atomic E-state index is -0.153. The standard InChI is InChI=1S/C28H26N4O2/c1-19-7-6-10-24(20(19)2)29-28(34)23-13-11-21(12-14-23)18-31-26-17-25(22-8-4-3-5-9-22)30-32(26)16-15-27(31)33/h3-14,17H,15-16,18H2,1-2H3,(H,29,34). The summed E-state index contributed by atoms with van der Waals surface area (Å²) in [6.45, 7) is 5.03. The van der Waals surface area contributed by atoms with Gasteiger partial charge in [-0.3, -0.25) is 14.5 Å². The highest BCUT2D eigenvalue weighted by molar-refractivity contribution is 6.04. The van der Waals surface area contributed by atoms with Gasteiger partial charge in [-0.05, 0) is 48.7 Å². The lowest BCUT2D eigenvalue weighted by molar-refractivity contribution is -0.119. The molecule has 0 saturated carbocycles. The van der Waals surface area contributed by atoms with Crippen LogP contribution in [0.5, 0.6) is 0 Å². The molecular formula is C28H26N4O2. The first-order valence-corrected chi connectivity index (χ1v) is 11.4. The van der Waals surface area contributed by atoms with Crippen molar-refractivity contribution in [2.24, 2.45) is 0 Å². The second kappa shape index (κ2) is 8.98. The summed E-state index contributed by atoms with van der Waals surface area (Å²) in [6, 6.07) is 25.2. The summed E-state index contributed by atoms with van der Waals surface area (Å²) in [6.07, 6.45) is 0.416. The molecule has 0 aliphatic carbocycles. The van der Waals surface area contributed by atoms with Gasteiger partial charge in [-0.25, -0.2) is 4.68 Å². The summed E-state index contributed by atoms with van der Waals surface area (Å²) in [5, 5.41) is 7.70. The molecule has 1 aliphatic rings. The molecule has 1 N–H and O–H groups in total. The number of nitrogens with one attached hydrogen (secondary N) is 1. The molecule has 5 rings (SSSR count). The third kappa shape index (κ3) is 4.22. The van der Waals surface area contributed by atoms with Crippen LogP contribution in [0, 0.1) is 13.8 Å². The molecule has 0 bridgehead atoms. The molecular weight excluding hydrogens is 424 g/mol. The number of aromatic nitrogens is 2. The Bertz CT molecular complexity index is 1360. The van der Waals surface area contributed by atoms with Crippen LogP contribution in [0.4, 0.5) is 11.5 Å². The van der Waals surface area contributed by atoms with E-state index >= 15 is 0 Å². The molecule has 0 fully saturated rings. The predicted octanol–water partition coefficient (Wildman–Crippen LogP) is 5.36. The quantitative estimate of drug-likeness (QED) is 0.445. The van der Waals surface area contributed by atoms with E-state index in [0.717, 1.165) is 39.5 Å². The molecule has 170 valence electrons. The molecule has 0 spiro atoms. The molecule has 0 unspecified atom stereocenters. The molecule has 0 saturated heterocycles. The van der Waals surface area contributed by atoms with Crippen LogP contribution in [0.1, 0.15) is 33.5 Å². The Morgan fingerprint density at radius 1 is 0.971 bits per heavy atom. The highest BCUT2D eigenvalue weighted by atomic mass is 16.2. The fourth-order valence-corrected chi connectivity index (χ4v) is 4.20. The van der Waals surface area contributed by atoms with Crippen LogP contribution in [0.15, 0.2) is 78.9 Å². The zero-order valence-electron chi connectivity index (χ0n) is 19.3. The van der Waals surface area contributed by atoms with E-state index in [1.54, 1.807) is 17.0 Å². The Hall–Kier alpha value is -4.19. The van der Waals surface area contributed by atoms with Crippen molar-refractivity contribution in [3.63, 3.8) is 0 Å². The molecule has 0 radical (unpaired) electrons. The van der Waals surface area contributed by atoms with Crippen molar-refractivity contribution >= 4 is 23.3 Å². The Kier molecular flexibility index (Phi) is 5.72. The topological polar surface area (TPSA) is 67.2 Å². The number of fused-ring (bicyclic) bond motifs is 1.